The number of ether oxygens (including phenoxy) is 10. The number of aromatic nitrogens is 12. The third-order valence-corrected chi connectivity index (χ3v) is 25.3. The molecule has 54 heteroatoms. The molecule has 0 aromatic carbocycles. The van der Waals surface area contributed by atoms with Crippen LogP contribution in [0.2, 0.25) is 0 Å². The number of Topliss-reactive ketones (excluding diaryl/α,β-unsaturated/α-hetero) is 1. The van der Waals surface area contributed by atoms with Crippen LogP contribution in [0.25, 0.3) is 0 Å². The van der Waals surface area contributed by atoms with E-state index in [2.05, 4.69) is 80.6 Å². The van der Waals surface area contributed by atoms with Gasteiger partial charge in [0.1, 0.15) is 72.9 Å². The predicted molar refractivity (Wildman–Crippen MR) is 543 cm³/mol. The Bertz CT molecular complexity index is 5620. The van der Waals surface area contributed by atoms with Crippen LogP contribution in [0.15, 0.2) is 78.5 Å². The zero-order valence-corrected chi connectivity index (χ0v) is 93.3. The number of sulfone groups is 1. The predicted octanol–water partition coefficient (Wildman–Crippen LogP) is 8.36. The number of aliphatic hydroxyl groups excluding tert-OH is 1. The molecule has 0 spiro atoms. The van der Waals surface area contributed by atoms with Crippen LogP contribution in [0.3, 0.4) is 0 Å². The second-order valence-electron chi connectivity index (χ2n) is 35.0. The molecule has 807 valence electrons. The Balaban J connectivity index is 0.000000260. The number of hydrogen-bond donors (Lipinski definition) is 5. The van der Waals surface area contributed by atoms with Gasteiger partial charge in [0.2, 0.25) is 44.7 Å². The SMILES string of the molecule is CCOC(=O)CN(Cc1ccnc(N2CCOCC2)c1)c1nc(OC2CCCC2)nc(N)c1[N+](=O)[O-].CCOC(=O)CN(Cc1ccnc(N2CCOCC2)c1)c1nc(OC2CCCC2)nc(N)c1[N+](=O)[O-].CCOC(=O)CN(Cc1ccnc(N2CCOCC2)c1)c1nc(S(C)(=O)=O)nc(N)c1[N+](=O)[O-].Nc1nc(OC2CCCC2)nc2c1CC(=O)CN2Cc1ccnc(N2CCOCC2)c1.OC1CCCC1.[CH3-].[CH3-].[CH3-].[V].[Y].[Y]. The topological polar surface area (TPSA) is 629 Å². The van der Waals surface area contributed by atoms with Crippen LogP contribution in [0.1, 0.15) is 151 Å². The molecule has 8 aromatic heterocycles. The number of pyridine rings is 4. The quantitative estimate of drug-likeness (QED) is 0.00631. The molecular weight excluding hydrogens is 2150 g/mol. The zero-order chi connectivity index (χ0) is 101. The van der Waals surface area contributed by atoms with Crippen LogP contribution in [0.5, 0.6) is 18.0 Å². The van der Waals surface area contributed by atoms with E-state index in [-0.39, 0.29) is 231 Å². The van der Waals surface area contributed by atoms with Crippen molar-refractivity contribution in [3.05, 3.63) is 154 Å². The molecule has 4 saturated heterocycles. The zero-order valence-electron chi connectivity index (χ0n) is 85.4. The number of nitrogens with two attached hydrogens (primary N) is 4. The van der Waals surface area contributed by atoms with Crippen molar-refractivity contribution >= 4 is 120 Å². The normalized spacial score (nSPS) is 16.1. The van der Waals surface area contributed by atoms with Crippen LogP contribution in [-0.4, -0.2) is 294 Å². The smallest absolute Gasteiger partial charge is 0.353 e. The summed E-state index contributed by atoms with van der Waals surface area (Å²) in [7, 11) is -3.95. The summed E-state index contributed by atoms with van der Waals surface area (Å²) in [6.07, 6.45) is 24.3. The molecule has 3 radical (unpaired) electrons. The summed E-state index contributed by atoms with van der Waals surface area (Å²) in [5.41, 5.74) is 26.2. The van der Waals surface area contributed by atoms with Gasteiger partial charge in [0, 0.05) is 206 Å². The van der Waals surface area contributed by atoms with Gasteiger partial charge in [-0.2, -0.15) is 39.9 Å². The van der Waals surface area contributed by atoms with Crippen LogP contribution in [0.4, 0.5) is 86.9 Å². The molecule has 5 aliphatic heterocycles. The van der Waals surface area contributed by atoms with Gasteiger partial charge in [-0.05, 0) is 181 Å². The van der Waals surface area contributed by atoms with Crippen molar-refractivity contribution in [2.45, 2.75) is 186 Å². The van der Waals surface area contributed by atoms with Gasteiger partial charge in [-0.25, -0.2) is 28.4 Å². The minimum atomic E-state index is -3.95. The fraction of sp³-hybridized carbons (Fsp3) is 0.547. The van der Waals surface area contributed by atoms with E-state index in [1.165, 1.54) is 40.4 Å². The van der Waals surface area contributed by atoms with Gasteiger partial charge < -0.3 is 137 Å². The van der Waals surface area contributed by atoms with Crippen molar-refractivity contribution in [2.75, 3.05) is 220 Å². The number of nitrogens with zero attached hydrogens (tertiary/aromatic N) is 23. The fourth-order valence-electron chi connectivity index (χ4n) is 17.5. The summed E-state index contributed by atoms with van der Waals surface area (Å²) in [4.78, 5) is 149. The number of carbonyl (C=O) groups excluding carboxylic acids is 4. The number of rotatable bonds is 34. The Labute approximate surface area is 928 Å². The van der Waals surface area contributed by atoms with Crippen molar-refractivity contribution in [3.8, 4) is 18.0 Å². The van der Waals surface area contributed by atoms with Crippen molar-refractivity contribution < 1.29 is 179 Å². The number of aliphatic hydroxyl groups is 1. The first-order valence-electron chi connectivity index (χ1n) is 48.1. The number of esters is 3. The summed E-state index contributed by atoms with van der Waals surface area (Å²) in [5.74, 6) is 0.586. The molecule has 50 nitrogen and oxygen atoms in total. The van der Waals surface area contributed by atoms with E-state index in [1.807, 2.05) is 34.2 Å². The van der Waals surface area contributed by atoms with Gasteiger partial charge in [0.25, 0.3) is 5.16 Å². The second kappa shape index (κ2) is 61.9. The molecule has 149 heavy (non-hydrogen) atoms. The van der Waals surface area contributed by atoms with Gasteiger partial charge in [-0.15, -0.1) is 0 Å². The maximum absolute atomic E-state index is 12.5. The summed E-state index contributed by atoms with van der Waals surface area (Å²) in [5, 5.41) is 43.7. The monoisotopic (exact) mass is 2280 g/mol. The van der Waals surface area contributed by atoms with Crippen LogP contribution in [0, 0.1) is 52.6 Å². The van der Waals surface area contributed by atoms with Crippen LogP contribution >= 0.6 is 0 Å². The molecule has 4 saturated carbocycles. The standard InChI is InChI=1S/2C23H31N7O6.C22H28N6O3.C19H25N7O7S.C5H10O.3CH3.V.2Y/c2*1-2-35-19(31)15-29(14-16-7-8-25-18(13-16)28-9-11-34-12-10-28)22-20(30(32)33)21(24)26-23(27-22)36-17-5-3-4-6-17;23-20-18-12-16(29)14-28(21(18)26-22(25-20)31-17-3-1-2-4-17)13-15-5-6-24-19(11-15)27-7-9-30-10-8-27;1-3-33-15(27)12-25(11-13-4-5-21-14(10-13)24-6-8-32-9-7-24)18-16(26(28)29)17(20)22-19(23-18)34(2,30)31;6-5-3-1-2-4-5;;;;;;/h2*7-8,13,17H,2-6,9-12,14-15H2,1H3,(H2,24,26,27);5-6,11,17H,1-4,7-10,12-14H2,(H2,23,25,26);4-5,10H,3,6-9,11-12H2,1-2H3,(H2,20,22,23);5-6H,1-4H2;3*1H3;;;/q;;;;;3*-1;;;. The minimum Gasteiger partial charge on any atom is -0.465 e. The fourth-order valence-corrected chi connectivity index (χ4v) is 18.0. The molecule has 0 atom stereocenters. The first-order chi connectivity index (χ1) is 69.0. The van der Waals surface area contributed by atoms with Crippen molar-refractivity contribution in [3.63, 3.8) is 0 Å². The molecule has 0 bridgehead atoms. The van der Waals surface area contributed by atoms with Gasteiger partial charge in [0.05, 0.1) is 100 Å². The maximum atomic E-state index is 12.5. The number of ketones is 1. The molecule has 0 amide bonds. The molecule has 17 rings (SSSR count). The third-order valence-electron chi connectivity index (χ3n) is 24.4. The van der Waals surface area contributed by atoms with Crippen LogP contribution in [-0.2, 0) is 179 Å². The first kappa shape index (κ1) is 125. The van der Waals surface area contributed by atoms with E-state index in [1.54, 1.807) is 63.6 Å². The van der Waals surface area contributed by atoms with E-state index in [9.17, 15) is 57.9 Å². The van der Waals surface area contributed by atoms with E-state index < -0.39 is 82.9 Å². The molecule has 13 heterocycles. The third kappa shape index (κ3) is 36.8. The number of nitro groups is 3. The Morgan fingerprint density at radius 2 is 0.732 bits per heavy atom. The average Bonchev–Trinajstić information content (AvgIpc) is 1.37. The largest absolute Gasteiger partial charge is 0.465 e. The Morgan fingerprint density at radius 3 is 1.03 bits per heavy atom. The van der Waals surface area contributed by atoms with Gasteiger partial charge in [-0.1, -0.05) is 12.8 Å². The second-order valence-corrected chi connectivity index (χ2v) is 36.9. The first-order valence-corrected chi connectivity index (χ1v) is 50.0. The molecule has 0 unspecified atom stereocenters. The van der Waals surface area contributed by atoms with E-state index in [4.69, 9.17) is 75.4 Å². The summed E-state index contributed by atoms with van der Waals surface area (Å²) < 4.78 is 78.8. The molecule has 4 aliphatic carbocycles. The average molecular weight is 2280 g/mol. The van der Waals surface area contributed by atoms with Crippen molar-refractivity contribution in [2.24, 2.45) is 0 Å². The number of hydrogen-bond acceptors (Lipinski definition) is 47. The summed E-state index contributed by atoms with van der Waals surface area (Å²) in [6, 6.07) is 15.1. The summed E-state index contributed by atoms with van der Waals surface area (Å²) in [6.45, 7) is 16.2. The molecule has 9 aliphatic rings. The number of anilines is 12. The molecular formula is C95H134N27O23SVY2-3. The number of nitrogen functional groups attached to an aromatic ring is 4. The number of fused-ring (bicyclic) bond motifs is 1. The maximum Gasteiger partial charge on any atom is 0.353 e. The van der Waals surface area contributed by atoms with Gasteiger partial charge in [-0.3, -0.25) is 49.5 Å². The number of carbonyl (C=O) groups is 4. The minimum absolute atomic E-state index is 0. The van der Waals surface area contributed by atoms with Crippen molar-refractivity contribution in [1.82, 2.24) is 59.8 Å². The Kier molecular flexibility index (Phi) is 51.8. The molecule has 9 N–H and O–H groups in total. The van der Waals surface area contributed by atoms with E-state index in [0.29, 0.717) is 140 Å². The molecule has 8 fully saturated rings. The number of morpholine rings is 4. The van der Waals surface area contributed by atoms with Gasteiger partial charge >= 0.3 is 53.0 Å². The van der Waals surface area contributed by atoms with Gasteiger partial charge in [0.15, 0.2) is 5.78 Å². The van der Waals surface area contributed by atoms with Crippen LogP contribution < -0.4 is 76.3 Å². The Morgan fingerprint density at radius 1 is 0.443 bits per heavy atom. The van der Waals surface area contributed by atoms with E-state index in [0.717, 1.165) is 131 Å². The summed E-state index contributed by atoms with van der Waals surface area (Å²) >= 11 is 0. The van der Waals surface area contributed by atoms with E-state index >= 15 is 0 Å². The van der Waals surface area contributed by atoms with Crippen molar-refractivity contribution in [1.29, 1.82) is 0 Å². The Hall–Kier alpha value is -11.3. The molecule has 8 aromatic rings.